The summed E-state index contributed by atoms with van der Waals surface area (Å²) in [6.07, 6.45) is 2.66. The molecule has 0 atom stereocenters. The first-order valence-electron chi connectivity index (χ1n) is 5.49. The Hall–Kier alpha value is -2.79. The van der Waals surface area contributed by atoms with Crippen molar-refractivity contribution in [3.8, 4) is 0 Å². The number of hydrogen-bond acceptors (Lipinski definition) is 8. The van der Waals surface area contributed by atoms with Gasteiger partial charge in [-0.3, -0.25) is 16.0 Å². The lowest BCUT2D eigenvalue weighted by Gasteiger charge is -2.09. The summed E-state index contributed by atoms with van der Waals surface area (Å²) in [5.41, 5.74) is 1.30. The van der Waals surface area contributed by atoms with Crippen LogP contribution in [0.1, 0.15) is 0 Å². The van der Waals surface area contributed by atoms with E-state index in [1.807, 2.05) is 0 Å². The number of nitrogens with zero attached hydrogens (tertiary/aromatic N) is 3. The van der Waals surface area contributed by atoms with Crippen LogP contribution in [0.4, 0.5) is 17.3 Å². The van der Waals surface area contributed by atoms with E-state index in [2.05, 4.69) is 20.1 Å². The molecule has 0 spiro atoms. The molecule has 0 radical (unpaired) electrons. The number of hydrogen-bond donors (Lipinski definition) is 3. The Balaban J connectivity index is 2.52. The maximum absolute atomic E-state index is 12.2. The quantitative estimate of drug-likeness (QED) is 0.409. The predicted octanol–water partition coefficient (Wildman–Crippen LogP) is 0.471. The van der Waals surface area contributed by atoms with Crippen molar-refractivity contribution in [2.75, 3.05) is 10.1 Å². The van der Waals surface area contributed by atoms with Crippen molar-refractivity contribution in [3.05, 3.63) is 46.8 Å². The lowest BCUT2D eigenvalue weighted by Crippen LogP contribution is -2.18. The molecule has 1 heterocycles. The summed E-state index contributed by atoms with van der Waals surface area (Å²) >= 11 is 0. The van der Waals surface area contributed by atoms with E-state index >= 15 is 0 Å². The second kappa shape index (κ2) is 5.68. The number of para-hydroxylation sites is 1. The zero-order valence-corrected chi connectivity index (χ0v) is 11.2. The van der Waals surface area contributed by atoms with Crippen molar-refractivity contribution in [2.24, 2.45) is 5.84 Å². The summed E-state index contributed by atoms with van der Waals surface area (Å²) in [6, 6.07) is 5.20. The normalized spacial score (nSPS) is 10.9. The number of aromatic nitrogens is 2. The molecule has 0 fully saturated rings. The van der Waals surface area contributed by atoms with Crippen molar-refractivity contribution in [1.82, 2.24) is 9.97 Å². The number of nitrogen functional groups attached to an aromatic ring is 1. The molecule has 0 aliphatic heterocycles. The van der Waals surface area contributed by atoms with Crippen molar-refractivity contribution >= 4 is 27.3 Å². The fourth-order valence-corrected chi connectivity index (χ4v) is 2.72. The molecule has 1 aromatic carbocycles. The third-order valence-electron chi connectivity index (χ3n) is 2.42. The van der Waals surface area contributed by atoms with Crippen LogP contribution in [-0.2, 0) is 10.0 Å². The molecule has 0 aliphatic carbocycles. The smallest absolute Gasteiger partial charge is 0.314 e. The van der Waals surface area contributed by atoms with Crippen LogP contribution < -0.4 is 16.0 Å². The minimum absolute atomic E-state index is 0.128. The average Bonchev–Trinajstić information content (AvgIpc) is 2.46. The van der Waals surface area contributed by atoms with Gasteiger partial charge >= 0.3 is 5.69 Å². The van der Waals surface area contributed by atoms with Gasteiger partial charge in [-0.2, -0.15) is 0 Å². The minimum Gasteiger partial charge on any atom is -0.318 e. The van der Waals surface area contributed by atoms with E-state index in [-0.39, 0.29) is 11.6 Å². The molecule has 11 heteroatoms. The van der Waals surface area contributed by atoms with Crippen LogP contribution in [0, 0.1) is 10.1 Å². The zero-order valence-electron chi connectivity index (χ0n) is 10.4. The van der Waals surface area contributed by atoms with E-state index in [4.69, 9.17) is 5.84 Å². The fraction of sp³-hybridized carbons (Fsp3) is 0. The molecule has 2 rings (SSSR count). The average molecular weight is 310 g/mol. The molecule has 0 saturated heterocycles. The van der Waals surface area contributed by atoms with Gasteiger partial charge < -0.3 is 5.43 Å². The van der Waals surface area contributed by atoms with Crippen LogP contribution in [0.2, 0.25) is 0 Å². The van der Waals surface area contributed by atoms with E-state index in [1.54, 1.807) is 0 Å². The Bertz CT molecular complexity index is 764. The van der Waals surface area contributed by atoms with Crippen LogP contribution in [0.25, 0.3) is 0 Å². The SMILES string of the molecule is NNc1cccc(S(=O)(=O)Nc2ncccn2)c1[N+](=O)[O-]. The van der Waals surface area contributed by atoms with Gasteiger partial charge in [0.15, 0.2) is 4.90 Å². The van der Waals surface area contributed by atoms with Crippen LogP contribution in [0.3, 0.4) is 0 Å². The third-order valence-corrected chi connectivity index (χ3v) is 3.78. The van der Waals surface area contributed by atoms with Gasteiger partial charge in [0.1, 0.15) is 5.69 Å². The summed E-state index contributed by atoms with van der Waals surface area (Å²) in [6.45, 7) is 0. The molecule has 0 bridgehead atoms. The topological polar surface area (TPSA) is 153 Å². The Labute approximate surface area is 119 Å². The molecular weight excluding hydrogens is 300 g/mol. The number of rotatable bonds is 5. The first kappa shape index (κ1) is 14.6. The molecule has 0 saturated carbocycles. The van der Waals surface area contributed by atoms with Crippen molar-refractivity contribution in [3.63, 3.8) is 0 Å². The van der Waals surface area contributed by atoms with E-state index in [1.165, 1.54) is 30.6 Å². The lowest BCUT2D eigenvalue weighted by molar-refractivity contribution is -0.386. The summed E-state index contributed by atoms with van der Waals surface area (Å²) < 4.78 is 26.5. The van der Waals surface area contributed by atoms with Crippen molar-refractivity contribution in [1.29, 1.82) is 0 Å². The van der Waals surface area contributed by atoms with Crippen LogP contribution in [-0.4, -0.2) is 23.3 Å². The standard InChI is InChI=1S/C10H10N6O4S/c11-14-7-3-1-4-8(9(7)16(17)18)21(19,20)15-10-12-5-2-6-13-10/h1-6,14H,11H2,(H,12,13,15). The molecule has 110 valence electrons. The Morgan fingerprint density at radius 2 is 1.86 bits per heavy atom. The van der Waals surface area contributed by atoms with Gasteiger partial charge in [0.2, 0.25) is 5.95 Å². The molecule has 4 N–H and O–H groups in total. The first-order chi connectivity index (χ1) is 9.95. The van der Waals surface area contributed by atoms with Gasteiger partial charge in [0, 0.05) is 12.4 Å². The number of benzene rings is 1. The number of hydrazine groups is 1. The number of anilines is 2. The number of nitro benzene ring substituents is 1. The van der Waals surface area contributed by atoms with E-state index in [0.29, 0.717) is 0 Å². The summed E-state index contributed by atoms with van der Waals surface area (Å²) in [7, 11) is -4.23. The van der Waals surface area contributed by atoms with E-state index < -0.39 is 25.5 Å². The van der Waals surface area contributed by atoms with Crippen LogP contribution >= 0.6 is 0 Å². The van der Waals surface area contributed by atoms with Gasteiger partial charge in [-0.25, -0.2) is 23.1 Å². The highest BCUT2D eigenvalue weighted by Gasteiger charge is 2.29. The third kappa shape index (κ3) is 3.04. The highest BCUT2D eigenvalue weighted by atomic mass is 32.2. The Kier molecular flexibility index (Phi) is 3.95. The molecule has 0 aliphatic rings. The number of sulfonamides is 1. The summed E-state index contributed by atoms with van der Waals surface area (Å²) in [5, 5.41) is 11.1. The van der Waals surface area contributed by atoms with E-state index in [9.17, 15) is 18.5 Å². The highest BCUT2D eigenvalue weighted by Crippen LogP contribution is 2.31. The highest BCUT2D eigenvalue weighted by molar-refractivity contribution is 7.92. The number of nitrogens with two attached hydrogens (primary N) is 1. The molecule has 0 unspecified atom stereocenters. The second-order valence-electron chi connectivity index (χ2n) is 3.73. The van der Waals surface area contributed by atoms with Gasteiger partial charge in [-0.05, 0) is 18.2 Å². The molecular formula is C10H10N6O4S. The summed E-state index contributed by atoms with van der Waals surface area (Å²) in [4.78, 5) is 17.1. The zero-order chi connectivity index (χ0) is 15.5. The second-order valence-corrected chi connectivity index (χ2v) is 5.38. The van der Waals surface area contributed by atoms with Gasteiger partial charge in [0.25, 0.3) is 10.0 Å². The number of nitrogens with one attached hydrogen (secondary N) is 2. The summed E-state index contributed by atoms with van der Waals surface area (Å²) in [5.74, 6) is 4.96. The molecule has 1 aromatic heterocycles. The lowest BCUT2D eigenvalue weighted by atomic mass is 10.3. The first-order valence-corrected chi connectivity index (χ1v) is 6.98. The van der Waals surface area contributed by atoms with E-state index in [0.717, 1.165) is 6.07 Å². The largest absolute Gasteiger partial charge is 0.318 e. The maximum Gasteiger partial charge on any atom is 0.314 e. The Morgan fingerprint density at radius 3 is 2.43 bits per heavy atom. The van der Waals surface area contributed by atoms with Crippen LogP contribution in [0.15, 0.2) is 41.6 Å². The van der Waals surface area contributed by atoms with Crippen LogP contribution in [0.5, 0.6) is 0 Å². The molecule has 2 aromatic rings. The van der Waals surface area contributed by atoms with Crippen molar-refractivity contribution < 1.29 is 13.3 Å². The fourth-order valence-electron chi connectivity index (χ4n) is 1.57. The molecule has 21 heavy (non-hydrogen) atoms. The molecule has 10 nitrogen and oxygen atoms in total. The monoisotopic (exact) mass is 310 g/mol. The minimum atomic E-state index is -4.23. The Morgan fingerprint density at radius 1 is 1.19 bits per heavy atom. The molecule has 0 amide bonds. The van der Waals surface area contributed by atoms with Gasteiger partial charge in [-0.15, -0.1) is 0 Å². The van der Waals surface area contributed by atoms with Crippen molar-refractivity contribution in [2.45, 2.75) is 4.90 Å². The van der Waals surface area contributed by atoms with Gasteiger partial charge in [0.05, 0.1) is 4.92 Å². The van der Waals surface area contributed by atoms with Gasteiger partial charge in [-0.1, -0.05) is 6.07 Å². The number of nitro groups is 1. The maximum atomic E-state index is 12.2. The predicted molar refractivity (Wildman–Crippen MR) is 73.7 cm³/mol.